The number of tetrazole rings is 1. The molecule has 7 heteroatoms. The molecule has 1 aliphatic rings. The Labute approximate surface area is 93.4 Å². The Morgan fingerprint density at radius 3 is 3.19 bits per heavy atom. The van der Waals surface area contributed by atoms with Gasteiger partial charge in [-0.2, -0.15) is 5.21 Å². The van der Waals surface area contributed by atoms with Gasteiger partial charge in [0, 0.05) is 12.0 Å². The number of H-pyrrole nitrogens is 1. The summed E-state index contributed by atoms with van der Waals surface area (Å²) < 4.78 is 0. The number of carbonyl (C=O) groups excluding carboxylic acids is 1. The zero-order valence-corrected chi connectivity index (χ0v) is 9.23. The summed E-state index contributed by atoms with van der Waals surface area (Å²) in [6, 6.07) is 0.412. The molecule has 1 aliphatic heterocycles. The molecule has 1 aromatic rings. The normalized spacial score (nSPS) is 25.3. The summed E-state index contributed by atoms with van der Waals surface area (Å²) in [5.41, 5.74) is 0. The van der Waals surface area contributed by atoms with E-state index in [9.17, 15) is 4.79 Å². The van der Waals surface area contributed by atoms with Crippen molar-refractivity contribution in [1.29, 1.82) is 0 Å². The number of amides is 1. The van der Waals surface area contributed by atoms with Crippen LogP contribution in [0.15, 0.2) is 0 Å². The van der Waals surface area contributed by atoms with E-state index < -0.39 is 0 Å². The van der Waals surface area contributed by atoms with E-state index in [2.05, 4.69) is 38.2 Å². The first kappa shape index (κ1) is 11.0. The standard InChI is InChI=1S/C9H16N6O/c1-6-4-7(2-3-10-6)9(16)11-5-8-12-14-15-13-8/h6-7,10H,2-5H2,1H3,(H,11,16)(H,12,13,14,15). The first-order valence-corrected chi connectivity index (χ1v) is 5.49. The Balaban J connectivity index is 1.79. The van der Waals surface area contributed by atoms with Gasteiger partial charge in [0.05, 0.1) is 6.54 Å². The van der Waals surface area contributed by atoms with Crippen molar-refractivity contribution in [1.82, 2.24) is 31.3 Å². The van der Waals surface area contributed by atoms with Gasteiger partial charge >= 0.3 is 0 Å². The van der Waals surface area contributed by atoms with Gasteiger partial charge in [0.25, 0.3) is 0 Å². The highest BCUT2D eigenvalue weighted by Gasteiger charge is 2.24. The molecular weight excluding hydrogens is 208 g/mol. The van der Waals surface area contributed by atoms with Gasteiger partial charge in [0.15, 0.2) is 5.82 Å². The predicted molar refractivity (Wildman–Crippen MR) is 56.2 cm³/mol. The minimum Gasteiger partial charge on any atom is -0.348 e. The molecule has 0 spiro atoms. The Hall–Kier alpha value is -1.50. The van der Waals surface area contributed by atoms with Crippen molar-refractivity contribution >= 4 is 5.91 Å². The highest BCUT2D eigenvalue weighted by Crippen LogP contribution is 2.15. The number of nitrogens with zero attached hydrogens (tertiary/aromatic N) is 3. The van der Waals surface area contributed by atoms with Crippen molar-refractivity contribution in [2.24, 2.45) is 5.92 Å². The average Bonchev–Trinajstić information content (AvgIpc) is 2.78. The molecule has 16 heavy (non-hydrogen) atoms. The minimum atomic E-state index is 0.0816. The highest BCUT2D eigenvalue weighted by atomic mass is 16.1. The van der Waals surface area contributed by atoms with Crippen molar-refractivity contribution in [2.75, 3.05) is 6.54 Å². The van der Waals surface area contributed by atoms with E-state index in [-0.39, 0.29) is 11.8 Å². The van der Waals surface area contributed by atoms with Crippen LogP contribution in [0.2, 0.25) is 0 Å². The number of aromatic amines is 1. The number of hydrogen-bond donors (Lipinski definition) is 3. The summed E-state index contributed by atoms with van der Waals surface area (Å²) in [6.45, 7) is 3.34. The van der Waals surface area contributed by atoms with Crippen LogP contribution < -0.4 is 10.6 Å². The number of carbonyl (C=O) groups is 1. The number of nitrogens with one attached hydrogen (secondary N) is 3. The fourth-order valence-electron chi connectivity index (χ4n) is 1.94. The Kier molecular flexibility index (Phi) is 3.45. The molecule has 0 aliphatic carbocycles. The van der Waals surface area contributed by atoms with E-state index in [1.54, 1.807) is 0 Å². The monoisotopic (exact) mass is 224 g/mol. The maximum Gasteiger partial charge on any atom is 0.223 e. The Morgan fingerprint density at radius 1 is 1.62 bits per heavy atom. The average molecular weight is 224 g/mol. The third kappa shape index (κ3) is 2.75. The van der Waals surface area contributed by atoms with Gasteiger partial charge in [0.1, 0.15) is 0 Å². The highest BCUT2D eigenvalue weighted by molar-refractivity contribution is 5.78. The van der Waals surface area contributed by atoms with Gasteiger partial charge in [-0.1, -0.05) is 5.21 Å². The second-order valence-corrected chi connectivity index (χ2v) is 4.12. The van der Waals surface area contributed by atoms with Gasteiger partial charge < -0.3 is 10.6 Å². The van der Waals surface area contributed by atoms with E-state index in [0.29, 0.717) is 18.4 Å². The number of aromatic nitrogens is 4. The maximum atomic E-state index is 11.8. The van der Waals surface area contributed by atoms with E-state index in [1.807, 2.05) is 0 Å². The molecule has 0 radical (unpaired) electrons. The Morgan fingerprint density at radius 2 is 2.50 bits per heavy atom. The predicted octanol–water partition coefficient (Wildman–Crippen LogP) is -0.796. The van der Waals surface area contributed by atoms with Crippen molar-refractivity contribution in [2.45, 2.75) is 32.4 Å². The van der Waals surface area contributed by atoms with Crippen LogP contribution in [0.3, 0.4) is 0 Å². The molecular formula is C9H16N6O. The summed E-state index contributed by atoms with van der Waals surface area (Å²) in [6.07, 6.45) is 1.78. The van der Waals surface area contributed by atoms with Gasteiger partial charge in [-0.3, -0.25) is 4.79 Å². The molecule has 2 heterocycles. The molecule has 0 aromatic carbocycles. The van der Waals surface area contributed by atoms with Gasteiger partial charge in [0.2, 0.25) is 5.91 Å². The summed E-state index contributed by atoms with van der Waals surface area (Å²) in [5, 5.41) is 19.5. The number of rotatable bonds is 3. The first-order valence-electron chi connectivity index (χ1n) is 5.49. The quantitative estimate of drug-likeness (QED) is 0.625. The lowest BCUT2D eigenvalue weighted by atomic mass is 9.92. The van der Waals surface area contributed by atoms with E-state index >= 15 is 0 Å². The van der Waals surface area contributed by atoms with Crippen LogP contribution in [0, 0.1) is 5.92 Å². The largest absolute Gasteiger partial charge is 0.348 e. The maximum absolute atomic E-state index is 11.8. The molecule has 2 atom stereocenters. The van der Waals surface area contributed by atoms with E-state index in [0.717, 1.165) is 19.4 Å². The van der Waals surface area contributed by atoms with Crippen molar-refractivity contribution in [3.63, 3.8) is 0 Å². The smallest absolute Gasteiger partial charge is 0.223 e. The van der Waals surface area contributed by atoms with Crippen molar-refractivity contribution in [3.05, 3.63) is 5.82 Å². The Bertz CT molecular complexity index is 338. The van der Waals surface area contributed by atoms with Crippen LogP contribution in [0.5, 0.6) is 0 Å². The lowest BCUT2D eigenvalue weighted by Gasteiger charge is -2.26. The molecule has 0 saturated carbocycles. The second kappa shape index (κ2) is 5.02. The van der Waals surface area contributed by atoms with Crippen LogP contribution >= 0.6 is 0 Å². The van der Waals surface area contributed by atoms with Gasteiger partial charge in [-0.05, 0) is 26.3 Å². The fraction of sp³-hybridized carbons (Fsp3) is 0.778. The topological polar surface area (TPSA) is 95.6 Å². The molecule has 1 fully saturated rings. The lowest BCUT2D eigenvalue weighted by Crippen LogP contribution is -2.42. The third-order valence-electron chi connectivity index (χ3n) is 2.80. The zero-order chi connectivity index (χ0) is 11.4. The van der Waals surface area contributed by atoms with Gasteiger partial charge in [-0.25, -0.2) is 0 Å². The van der Waals surface area contributed by atoms with E-state index in [4.69, 9.17) is 0 Å². The van der Waals surface area contributed by atoms with Gasteiger partial charge in [-0.15, -0.1) is 10.2 Å². The molecule has 2 rings (SSSR count). The fourth-order valence-corrected chi connectivity index (χ4v) is 1.94. The lowest BCUT2D eigenvalue weighted by molar-refractivity contribution is -0.126. The third-order valence-corrected chi connectivity index (χ3v) is 2.80. The summed E-state index contributed by atoms with van der Waals surface area (Å²) >= 11 is 0. The molecule has 1 saturated heterocycles. The molecule has 7 nitrogen and oxygen atoms in total. The van der Waals surface area contributed by atoms with Crippen LogP contribution in [0.25, 0.3) is 0 Å². The number of hydrogen-bond acceptors (Lipinski definition) is 5. The summed E-state index contributed by atoms with van der Waals surface area (Å²) in [5.74, 6) is 0.691. The second-order valence-electron chi connectivity index (χ2n) is 4.12. The number of piperidine rings is 1. The van der Waals surface area contributed by atoms with E-state index in [1.165, 1.54) is 0 Å². The molecule has 3 N–H and O–H groups in total. The van der Waals surface area contributed by atoms with Crippen LogP contribution in [-0.4, -0.2) is 39.1 Å². The molecule has 2 unspecified atom stereocenters. The molecule has 1 amide bonds. The summed E-state index contributed by atoms with van der Waals surface area (Å²) in [4.78, 5) is 11.8. The molecule has 0 bridgehead atoms. The SMILES string of the molecule is CC1CC(C(=O)NCc2nn[nH]n2)CCN1. The molecule has 1 aromatic heterocycles. The van der Waals surface area contributed by atoms with Crippen LogP contribution in [0.4, 0.5) is 0 Å². The van der Waals surface area contributed by atoms with Crippen molar-refractivity contribution < 1.29 is 4.79 Å². The van der Waals surface area contributed by atoms with Crippen molar-refractivity contribution in [3.8, 4) is 0 Å². The van der Waals surface area contributed by atoms with Crippen LogP contribution in [-0.2, 0) is 11.3 Å². The zero-order valence-electron chi connectivity index (χ0n) is 9.23. The molecule has 88 valence electrons. The summed E-state index contributed by atoms with van der Waals surface area (Å²) in [7, 11) is 0. The minimum absolute atomic E-state index is 0.0816. The first-order chi connectivity index (χ1) is 7.75. The van der Waals surface area contributed by atoms with Crippen LogP contribution in [0.1, 0.15) is 25.6 Å².